The molecule has 0 bridgehead atoms. The lowest BCUT2D eigenvalue weighted by molar-refractivity contribution is -0.121. The van der Waals surface area contributed by atoms with Crippen molar-refractivity contribution in [2.24, 2.45) is 5.73 Å². The maximum Gasteiger partial charge on any atom is 0.418 e. The minimum Gasteiger partial charge on any atom is -0.443 e. The lowest BCUT2D eigenvalue weighted by Gasteiger charge is -2.34. The lowest BCUT2D eigenvalue weighted by atomic mass is 10.1. The number of hydrogen-bond donors (Lipinski definition) is 1. The summed E-state index contributed by atoms with van der Waals surface area (Å²) in [6.45, 7) is 1.72. The summed E-state index contributed by atoms with van der Waals surface area (Å²) in [7, 11) is 0. The zero-order valence-electron chi connectivity index (χ0n) is 14.5. The number of nitrogens with two attached hydrogens (primary N) is 1. The molecule has 1 heterocycles. The average Bonchev–Trinajstić information content (AvgIpc) is 2.93. The number of carbonyl (C=O) groups is 2. The first-order valence-corrected chi connectivity index (χ1v) is 11.0. The Labute approximate surface area is 151 Å². The molecule has 1 aliphatic heterocycles. The molecule has 2 N–H and O–H groups in total. The van der Waals surface area contributed by atoms with Gasteiger partial charge in [0.15, 0.2) is 0 Å². The number of hydrogen-bond acceptors (Lipinski definition) is 6. The van der Waals surface area contributed by atoms with Crippen LogP contribution >= 0.6 is 18.1 Å². The molecule has 1 fully saturated rings. The van der Waals surface area contributed by atoms with Gasteiger partial charge in [0.25, 0.3) is 0 Å². The van der Waals surface area contributed by atoms with Gasteiger partial charge in [-0.3, -0.25) is 9.36 Å². The van der Waals surface area contributed by atoms with Crippen LogP contribution in [0, 0.1) is 0 Å². The molecule has 0 radical (unpaired) electrons. The standard InChI is InChI=1S/C16H23N2O5PS/c1-16(2,3)23-15(20)18(24(21)22-9-10-25-24)13(14(17)19)11-12-7-5-4-6-8-12/h4-8,13H,9-11H2,1-3H3,(H2,17,19)/t13-,24?/m0/s1. The summed E-state index contributed by atoms with van der Waals surface area (Å²) in [6, 6.07) is 7.95. The van der Waals surface area contributed by atoms with E-state index in [1.54, 1.807) is 20.8 Å². The summed E-state index contributed by atoms with van der Waals surface area (Å²) in [6.07, 6.45) is -0.742. The molecule has 1 aromatic rings. The zero-order valence-corrected chi connectivity index (χ0v) is 16.2. The highest BCUT2D eigenvalue weighted by Gasteiger charge is 2.47. The minimum absolute atomic E-state index is 0.128. The third-order valence-electron chi connectivity index (χ3n) is 3.33. The molecule has 25 heavy (non-hydrogen) atoms. The molecule has 1 saturated heterocycles. The fourth-order valence-electron chi connectivity index (χ4n) is 2.32. The molecule has 2 atom stereocenters. The van der Waals surface area contributed by atoms with Gasteiger partial charge < -0.3 is 15.0 Å². The quantitative estimate of drug-likeness (QED) is 0.781. The van der Waals surface area contributed by atoms with Gasteiger partial charge in [-0.2, -0.15) is 0 Å². The van der Waals surface area contributed by atoms with E-state index >= 15 is 0 Å². The topological polar surface area (TPSA) is 98.9 Å². The largest absolute Gasteiger partial charge is 0.443 e. The Morgan fingerprint density at radius 3 is 2.48 bits per heavy atom. The molecule has 0 aromatic heterocycles. The lowest BCUT2D eigenvalue weighted by Crippen LogP contribution is -2.48. The third kappa shape index (κ3) is 5.23. The van der Waals surface area contributed by atoms with E-state index < -0.39 is 30.4 Å². The Kier molecular flexibility index (Phi) is 6.19. The summed E-state index contributed by atoms with van der Waals surface area (Å²) in [5.74, 6) is -0.297. The molecule has 7 nitrogen and oxygen atoms in total. The van der Waals surface area contributed by atoms with E-state index in [1.165, 1.54) is 0 Å². The zero-order chi connectivity index (χ0) is 18.7. The average molecular weight is 386 g/mol. The molecule has 138 valence electrons. The van der Waals surface area contributed by atoms with Crippen LogP contribution < -0.4 is 5.73 Å². The Morgan fingerprint density at radius 2 is 2.00 bits per heavy atom. The number of ether oxygens (including phenoxy) is 1. The van der Waals surface area contributed by atoms with Gasteiger partial charge in [0, 0.05) is 12.2 Å². The maximum absolute atomic E-state index is 13.1. The van der Waals surface area contributed by atoms with E-state index in [4.69, 9.17) is 15.0 Å². The molecule has 1 aliphatic rings. The second kappa shape index (κ2) is 7.81. The monoisotopic (exact) mass is 386 g/mol. The molecule has 2 rings (SSSR count). The van der Waals surface area contributed by atoms with Gasteiger partial charge in [0.2, 0.25) is 5.91 Å². The Morgan fingerprint density at radius 1 is 1.36 bits per heavy atom. The summed E-state index contributed by atoms with van der Waals surface area (Å²) in [5.41, 5.74) is 5.52. The molecular weight excluding hydrogens is 363 g/mol. The number of carbonyl (C=O) groups excluding carboxylic acids is 2. The van der Waals surface area contributed by atoms with E-state index in [1.807, 2.05) is 30.3 Å². The molecule has 1 aromatic carbocycles. The van der Waals surface area contributed by atoms with E-state index in [2.05, 4.69) is 0 Å². The van der Waals surface area contributed by atoms with Gasteiger partial charge in [-0.05, 0) is 37.7 Å². The van der Waals surface area contributed by atoms with E-state index in [-0.39, 0.29) is 13.0 Å². The van der Waals surface area contributed by atoms with Crippen molar-refractivity contribution in [1.29, 1.82) is 0 Å². The number of amides is 2. The van der Waals surface area contributed by atoms with E-state index in [9.17, 15) is 14.2 Å². The summed E-state index contributed by atoms with van der Waals surface area (Å²) in [4.78, 5) is 24.8. The van der Waals surface area contributed by atoms with Crippen molar-refractivity contribution in [3.8, 4) is 0 Å². The van der Waals surface area contributed by atoms with Crippen LogP contribution in [0.2, 0.25) is 0 Å². The minimum atomic E-state index is -3.59. The fraction of sp³-hybridized carbons (Fsp3) is 0.500. The van der Waals surface area contributed by atoms with Crippen molar-refractivity contribution >= 4 is 30.1 Å². The van der Waals surface area contributed by atoms with Gasteiger partial charge in [-0.15, -0.1) is 0 Å². The van der Waals surface area contributed by atoms with Crippen LogP contribution in [0.5, 0.6) is 0 Å². The van der Waals surface area contributed by atoms with Crippen LogP contribution in [0.25, 0.3) is 0 Å². The highest BCUT2D eigenvalue weighted by molar-refractivity contribution is 8.56. The maximum atomic E-state index is 13.1. The van der Waals surface area contributed by atoms with Crippen LogP contribution in [0.4, 0.5) is 4.79 Å². The molecule has 1 unspecified atom stereocenters. The Bertz CT molecular complexity index is 667. The Balaban J connectivity index is 2.38. The van der Waals surface area contributed by atoms with Gasteiger partial charge in [0.1, 0.15) is 11.6 Å². The predicted molar refractivity (Wildman–Crippen MR) is 97.2 cm³/mol. The molecular formula is C16H23N2O5PS. The first-order chi connectivity index (χ1) is 11.6. The van der Waals surface area contributed by atoms with Crippen molar-refractivity contribution in [1.82, 2.24) is 4.67 Å². The van der Waals surface area contributed by atoms with Crippen molar-refractivity contribution in [3.05, 3.63) is 35.9 Å². The fourth-order valence-corrected chi connectivity index (χ4v) is 6.53. The predicted octanol–water partition coefficient (Wildman–Crippen LogP) is 3.19. The van der Waals surface area contributed by atoms with Crippen LogP contribution in [-0.2, 0) is 25.0 Å². The highest BCUT2D eigenvalue weighted by atomic mass is 32.7. The summed E-state index contributed by atoms with van der Waals surface area (Å²) < 4.78 is 24.7. The molecule has 0 saturated carbocycles. The number of nitrogens with zero attached hydrogens (tertiary/aromatic N) is 1. The number of benzene rings is 1. The van der Waals surface area contributed by atoms with Gasteiger partial charge in [-0.25, -0.2) is 9.46 Å². The first-order valence-electron chi connectivity index (χ1n) is 7.87. The molecule has 2 amide bonds. The molecule has 0 spiro atoms. The second-order valence-electron chi connectivity index (χ2n) is 6.57. The van der Waals surface area contributed by atoms with Crippen molar-refractivity contribution < 1.29 is 23.4 Å². The molecule has 9 heteroatoms. The normalized spacial score (nSPS) is 21.6. The highest BCUT2D eigenvalue weighted by Crippen LogP contribution is 2.67. The van der Waals surface area contributed by atoms with Crippen molar-refractivity contribution in [3.63, 3.8) is 0 Å². The summed E-state index contributed by atoms with van der Waals surface area (Å²) in [5, 5.41) is 0. The smallest absolute Gasteiger partial charge is 0.418 e. The second-order valence-corrected chi connectivity index (χ2v) is 11.0. The summed E-state index contributed by atoms with van der Waals surface area (Å²) >= 11 is 1.01. The number of primary amides is 1. The van der Waals surface area contributed by atoms with Gasteiger partial charge >= 0.3 is 12.8 Å². The molecule has 0 aliphatic carbocycles. The van der Waals surface area contributed by atoms with E-state index in [0.717, 1.165) is 21.6 Å². The van der Waals surface area contributed by atoms with Gasteiger partial charge in [0.05, 0.1) is 6.61 Å². The number of rotatable bonds is 5. The first kappa shape index (κ1) is 19.8. The van der Waals surface area contributed by atoms with Crippen molar-refractivity contribution in [2.45, 2.75) is 38.8 Å². The van der Waals surface area contributed by atoms with Crippen LogP contribution in [-0.4, -0.2) is 40.7 Å². The van der Waals surface area contributed by atoms with Crippen LogP contribution in [0.1, 0.15) is 26.3 Å². The van der Waals surface area contributed by atoms with Gasteiger partial charge in [-0.1, -0.05) is 30.3 Å². The SMILES string of the molecule is CC(C)(C)OC(=O)N([C@@H](Cc1ccccc1)C(N)=O)P1(=O)OCCS1. The third-order valence-corrected chi connectivity index (χ3v) is 7.86. The van der Waals surface area contributed by atoms with Crippen LogP contribution in [0.3, 0.4) is 0 Å². The Hall–Kier alpha value is -1.50. The van der Waals surface area contributed by atoms with Crippen LogP contribution in [0.15, 0.2) is 30.3 Å². The van der Waals surface area contributed by atoms with Crippen molar-refractivity contribution in [2.75, 3.05) is 12.4 Å². The van der Waals surface area contributed by atoms with E-state index in [0.29, 0.717) is 5.75 Å².